The molecule has 0 unspecified atom stereocenters. The van der Waals surface area contributed by atoms with Crippen molar-refractivity contribution in [3.8, 4) is 5.75 Å². The molecule has 0 radical (unpaired) electrons. The SMILES string of the molecule is CCCOc1ccc(N(C)c2nc(Nc3ccc(CC)cc3)ncc2C(F)(F)F)cc1. The summed E-state index contributed by atoms with van der Waals surface area (Å²) in [5, 5.41) is 2.98. The number of rotatable bonds is 8. The van der Waals surface area contributed by atoms with E-state index in [1.54, 1.807) is 31.3 Å². The Balaban J connectivity index is 1.91. The zero-order chi connectivity index (χ0) is 22.4. The predicted octanol–water partition coefficient (Wildman–Crippen LogP) is 6.36. The van der Waals surface area contributed by atoms with Crippen LogP contribution in [0.15, 0.2) is 54.7 Å². The molecule has 0 aliphatic carbocycles. The second-order valence-corrected chi connectivity index (χ2v) is 7.01. The summed E-state index contributed by atoms with van der Waals surface area (Å²) in [7, 11) is 1.54. The standard InChI is InChI=1S/C23H25F3N4O/c1-4-14-31-19-12-10-18(11-13-19)30(3)21-20(23(24,25)26)15-27-22(29-21)28-17-8-6-16(5-2)7-9-17/h6-13,15H,4-5,14H2,1-3H3,(H,27,28,29). The number of hydrogen-bond donors (Lipinski definition) is 1. The lowest BCUT2D eigenvalue weighted by Crippen LogP contribution is -2.19. The van der Waals surface area contributed by atoms with Crippen LogP contribution in [0.25, 0.3) is 0 Å². The minimum Gasteiger partial charge on any atom is -0.494 e. The fourth-order valence-corrected chi connectivity index (χ4v) is 2.95. The van der Waals surface area contributed by atoms with E-state index in [0.29, 0.717) is 23.7 Å². The average molecular weight is 430 g/mol. The molecule has 0 amide bonds. The van der Waals surface area contributed by atoms with E-state index in [9.17, 15) is 13.2 Å². The van der Waals surface area contributed by atoms with E-state index >= 15 is 0 Å². The van der Waals surface area contributed by atoms with Crippen LogP contribution in [-0.2, 0) is 12.6 Å². The third-order valence-electron chi connectivity index (χ3n) is 4.71. The molecule has 8 heteroatoms. The van der Waals surface area contributed by atoms with Gasteiger partial charge in [-0.1, -0.05) is 26.0 Å². The summed E-state index contributed by atoms with van der Waals surface area (Å²) in [5.74, 6) is 0.509. The van der Waals surface area contributed by atoms with Gasteiger partial charge in [-0.2, -0.15) is 18.2 Å². The molecule has 31 heavy (non-hydrogen) atoms. The molecule has 0 aliphatic rings. The van der Waals surface area contributed by atoms with Crippen molar-refractivity contribution in [1.29, 1.82) is 0 Å². The summed E-state index contributed by atoms with van der Waals surface area (Å²) in [5.41, 5.74) is 1.49. The van der Waals surface area contributed by atoms with Crippen LogP contribution < -0.4 is 15.0 Å². The number of anilines is 4. The summed E-state index contributed by atoms with van der Waals surface area (Å²) >= 11 is 0. The Hall–Kier alpha value is -3.29. The molecule has 5 nitrogen and oxygen atoms in total. The van der Waals surface area contributed by atoms with Gasteiger partial charge in [-0.3, -0.25) is 0 Å². The number of nitrogens with zero attached hydrogens (tertiary/aromatic N) is 3. The first kappa shape index (κ1) is 22.4. The maximum atomic E-state index is 13.6. The minimum atomic E-state index is -4.59. The van der Waals surface area contributed by atoms with Gasteiger partial charge >= 0.3 is 6.18 Å². The molecule has 0 saturated heterocycles. The molecule has 0 spiro atoms. The van der Waals surface area contributed by atoms with Gasteiger partial charge in [-0.05, 0) is 54.8 Å². The van der Waals surface area contributed by atoms with Crippen LogP contribution >= 0.6 is 0 Å². The van der Waals surface area contributed by atoms with E-state index in [1.165, 1.54) is 4.90 Å². The number of benzene rings is 2. The number of aryl methyl sites for hydroxylation is 1. The zero-order valence-corrected chi connectivity index (χ0v) is 17.7. The number of halogens is 3. The van der Waals surface area contributed by atoms with E-state index in [2.05, 4.69) is 15.3 Å². The average Bonchev–Trinajstić information content (AvgIpc) is 2.77. The molecule has 164 valence electrons. The van der Waals surface area contributed by atoms with Gasteiger partial charge in [0.05, 0.1) is 6.61 Å². The van der Waals surface area contributed by atoms with Gasteiger partial charge in [0.2, 0.25) is 5.95 Å². The molecule has 1 N–H and O–H groups in total. The number of nitrogens with one attached hydrogen (secondary N) is 1. The Morgan fingerprint density at radius 3 is 2.26 bits per heavy atom. The number of ether oxygens (including phenoxy) is 1. The number of hydrogen-bond acceptors (Lipinski definition) is 5. The van der Waals surface area contributed by atoms with Crippen LogP contribution in [-0.4, -0.2) is 23.6 Å². The summed E-state index contributed by atoms with van der Waals surface area (Å²) in [4.78, 5) is 9.44. The van der Waals surface area contributed by atoms with Crippen molar-refractivity contribution in [2.45, 2.75) is 32.9 Å². The fourth-order valence-electron chi connectivity index (χ4n) is 2.95. The first-order valence-electron chi connectivity index (χ1n) is 10.1. The molecule has 1 aromatic heterocycles. The quantitative estimate of drug-likeness (QED) is 0.451. The maximum absolute atomic E-state index is 13.6. The predicted molar refractivity (Wildman–Crippen MR) is 116 cm³/mol. The normalized spacial score (nSPS) is 11.3. The van der Waals surface area contributed by atoms with Crippen LogP contribution in [0, 0.1) is 0 Å². The molecule has 2 aromatic carbocycles. The second-order valence-electron chi connectivity index (χ2n) is 7.01. The lowest BCUT2D eigenvalue weighted by molar-refractivity contribution is -0.137. The van der Waals surface area contributed by atoms with E-state index < -0.39 is 11.7 Å². The molecule has 0 aliphatic heterocycles. The topological polar surface area (TPSA) is 50.3 Å². The molecule has 0 atom stereocenters. The molecular formula is C23H25F3N4O. The summed E-state index contributed by atoms with van der Waals surface area (Å²) < 4.78 is 46.4. The third-order valence-corrected chi connectivity index (χ3v) is 4.71. The molecule has 0 bridgehead atoms. The van der Waals surface area contributed by atoms with E-state index in [-0.39, 0.29) is 11.8 Å². The molecule has 0 saturated carbocycles. The molecule has 3 rings (SSSR count). The Bertz CT molecular complexity index is 989. The van der Waals surface area contributed by atoms with E-state index in [0.717, 1.165) is 24.6 Å². The molecular weight excluding hydrogens is 405 g/mol. The summed E-state index contributed by atoms with van der Waals surface area (Å²) in [6.07, 6.45) is -2.02. The highest BCUT2D eigenvalue weighted by Gasteiger charge is 2.36. The zero-order valence-electron chi connectivity index (χ0n) is 17.7. The van der Waals surface area contributed by atoms with Gasteiger partial charge < -0.3 is 15.0 Å². The van der Waals surface area contributed by atoms with Gasteiger partial charge in [-0.25, -0.2) is 4.98 Å². The number of alkyl halides is 3. The first-order valence-corrected chi connectivity index (χ1v) is 10.1. The molecule has 3 aromatic rings. The van der Waals surface area contributed by atoms with E-state index in [1.807, 2.05) is 38.1 Å². The van der Waals surface area contributed by atoms with Crippen molar-refractivity contribution in [3.05, 3.63) is 65.9 Å². The van der Waals surface area contributed by atoms with Crippen molar-refractivity contribution < 1.29 is 17.9 Å². The third kappa shape index (κ3) is 5.65. The Morgan fingerprint density at radius 2 is 1.68 bits per heavy atom. The van der Waals surface area contributed by atoms with Crippen LogP contribution in [0.2, 0.25) is 0 Å². The lowest BCUT2D eigenvalue weighted by Gasteiger charge is -2.23. The Kier molecular flexibility index (Phi) is 6.99. The highest BCUT2D eigenvalue weighted by Crippen LogP contribution is 2.38. The number of aromatic nitrogens is 2. The summed E-state index contributed by atoms with van der Waals surface area (Å²) in [6.45, 7) is 4.62. The van der Waals surface area contributed by atoms with Crippen LogP contribution in [0.5, 0.6) is 5.75 Å². The highest BCUT2D eigenvalue weighted by atomic mass is 19.4. The monoisotopic (exact) mass is 430 g/mol. The van der Waals surface area contributed by atoms with Crippen molar-refractivity contribution in [1.82, 2.24) is 9.97 Å². The molecule has 0 fully saturated rings. The smallest absolute Gasteiger partial charge is 0.421 e. The largest absolute Gasteiger partial charge is 0.494 e. The van der Waals surface area contributed by atoms with Gasteiger partial charge in [0.25, 0.3) is 0 Å². The fraction of sp³-hybridized carbons (Fsp3) is 0.304. The Labute approximate surface area is 179 Å². The van der Waals surface area contributed by atoms with Crippen LogP contribution in [0.3, 0.4) is 0 Å². The van der Waals surface area contributed by atoms with Crippen molar-refractivity contribution in [2.75, 3.05) is 23.9 Å². The first-order chi connectivity index (χ1) is 14.8. The van der Waals surface area contributed by atoms with Gasteiger partial charge in [0.15, 0.2) is 5.82 Å². The Morgan fingerprint density at radius 1 is 1.00 bits per heavy atom. The highest BCUT2D eigenvalue weighted by molar-refractivity contribution is 5.65. The molecule has 1 heterocycles. The van der Waals surface area contributed by atoms with E-state index in [4.69, 9.17) is 4.74 Å². The van der Waals surface area contributed by atoms with Crippen LogP contribution in [0.1, 0.15) is 31.4 Å². The van der Waals surface area contributed by atoms with Crippen molar-refractivity contribution >= 4 is 23.1 Å². The van der Waals surface area contributed by atoms with Crippen LogP contribution in [0.4, 0.5) is 36.3 Å². The van der Waals surface area contributed by atoms with Crippen molar-refractivity contribution in [3.63, 3.8) is 0 Å². The van der Waals surface area contributed by atoms with Gasteiger partial charge in [0.1, 0.15) is 11.3 Å². The second kappa shape index (κ2) is 9.68. The minimum absolute atomic E-state index is 0.0852. The van der Waals surface area contributed by atoms with Gasteiger partial charge in [0, 0.05) is 24.6 Å². The summed E-state index contributed by atoms with van der Waals surface area (Å²) in [6, 6.07) is 14.4. The lowest BCUT2D eigenvalue weighted by atomic mass is 10.1. The van der Waals surface area contributed by atoms with Crippen molar-refractivity contribution in [2.24, 2.45) is 0 Å². The van der Waals surface area contributed by atoms with Gasteiger partial charge in [-0.15, -0.1) is 0 Å². The maximum Gasteiger partial charge on any atom is 0.421 e.